The van der Waals surface area contributed by atoms with Crippen molar-refractivity contribution in [3.63, 3.8) is 0 Å². The number of benzene rings is 1. The number of halogens is 2. The molecule has 0 nitrogen and oxygen atoms in total. The zero-order valence-corrected chi connectivity index (χ0v) is 13.2. The molecule has 0 aromatic heterocycles. The molecule has 0 bridgehead atoms. The van der Waals surface area contributed by atoms with Crippen molar-refractivity contribution >= 4 is 45.0 Å². The van der Waals surface area contributed by atoms with Crippen LogP contribution in [-0.4, -0.2) is 32.6 Å². The number of hydrogen-bond donors (Lipinski definition) is 0. The first-order valence-corrected chi connectivity index (χ1v) is 6.57. The maximum absolute atomic E-state index is 12.7. The van der Waals surface area contributed by atoms with Crippen molar-refractivity contribution in [2.45, 2.75) is 30.8 Å². The van der Waals surface area contributed by atoms with Crippen LogP contribution in [0.1, 0.15) is 24.3 Å². The topological polar surface area (TPSA) is 0 Å². The van der Waals surface area contributed by atoms with Crippen molar-refractivity contribution < 1.29 is 4.39 Å². The van der Waals surface area contributed by atoms with E-state index in [-0.39, 0.29) is 48.7 Å². The van der Waals surface area contributed by atoms with Gasteiger partial charge in [0.2, 0.25) is 0 Å². The molecule has 1 heterocycles. The van der Waals surface area contributed by atoms with E-state index >= 15 is 0 Å². The molecule has 1 aliphatic heterocycles. The first kappa shape index (κ1) is 18.8. The van der Waals surface area contributed by atoms with E-state index in [1.807, 2.05) is 12.1 Å². The van der Waals surface area contributed by atoms with Crippen LogP contribution in [0.5, 0.6) is 0 Å². The van der Waals surface area contributed by atoms with Gasteiger partial charge in [0.15, 0.2) is 0 Å². The second-order valence-corrected chi connectivity index (χ2v) is 5.42. The normalized spacial score (nSPS) is 15.3. The van der Waals surface area contributed by atoms with Crippen LogP contribution < -0.4 is 0 Å². The molecule has 4 heteroatoms. The van der Waals surface area contributed by atoms with E-state index < -0.39 is 0 Å². The average molecular weight is 269 g/mol. The maximum atomic E-state index is 12.7. The van der Waals surface area contributed by atoms with Crippen LogP contribution in [0.15, 0.2) is 24.3 Å². The molecule has 0 unspecified atom stereocenters. The molecule has 2 rings (SSSR count). The van der Waals surface area contributed by atoms with E-state index in [0.29, 0.717) is 5.92 Å². The van der Waals surface area contributed by atoms with Crippen LogP contribution in [0.2, 0.25) is 12.1 Å². The molecule has 86 valence electrons. The second kappa shape index (κ2) is 9.45. The Morgan fingerprint density at radius 1 is 1.06 bits per heavy atom. The van der Waals surface area contributed by atoms with Gasteiger partial charge in [-0.2, -0.15) is 12.1 Å². The summed E-state index contributed by atoms with van der Waals surface area (Å²) >= 11 is 0. The van der Waals surface area contributed by atoms with Crippen LogP contribution in [0.25, 0.3) is 0 Å². The molecular formula is C12H18ClFMgSi. The minimum absolute atomic E-state index is 0. The summed E-state index contributed by atoms with van der Waals surface area (Å²) in [6.45, 7) is 0. The second-order valence-electron chi connectivity index (χ2n) is 3.69. The smallest absolute Gasteiger partial charge is 0.358 e. The quantitative estimate of drug-likeness (QED) is 0.541. The molecule has 1 aromatic rings. The summed E-state index contributed by atoms with van der Waals surface area (Å²) in [7, 11) is 0.723. The van der Waals surface area contributed by atoms with Crippen molar-refractivity contribution in [3.8, 4) is 0 Å². The maximum Gasteiger partial charge on any atom is 2.00 e. The Hall–Kier alpha value is 0.423. The Balaban J connectivity index is 0. The monoisotopic (exact) mass is 268 g/mol. The predicted octanol–water partition coefficient (Wildman–Crippen LogP) is 3.47. The fourth-order valence-electron chi connectivity index (χ4n) is 2.00. The molecular weight excluding hydrogens is 251 g/mol. The molecule has 0 spiro atoms. The number of hydrogen-bond acceptors (Lipinski definition) is 0. The van der Waals surface area contributed by atoms with Gasteiger partial charge in [0.05, 0.1) is 0 Å². The third-order valence-corrected chi connectivity index (χ3v) is 4.26. The molecule has 0 radical (unpaired) electrons. The fourth-order valence-corrected chi connectivity index (χ4v) is 3.56. The minimum atomic E-state index is -0.120. The van der Waals surface area contributed by atoms with Crippen molar-refractivity contribution in [1.82, 2.24) is 0 Å². The molecule has 0 atom stereocenters. The zero-order chi connectivity index (χ0) is 9.10. The summed E-state index contributed by atoms with van der Waals surface area (Å²) < 4.78 is 12.7. The van der Waals surface area contributed by atoms with Crippen LogP contribution >= 0.6 is 12.4 Å². The van der Waals surface area contributed by atoms with E-state index in [0.717, 1.165) is 9.52 Å². The van der Waals surface area contributed by atoms with Gasteiger partial charge in [-0.3, -0.25) is 9.52 Å². The van der Waals surface area contributed by atoms with Crippen molar-refractivity contribution in [2.75, 3.05) is 0 Å². The molecule has 1 aliphatic rings. The van der Waals surface area contributed by atoms with Crippen LogP contribution in [0.4, 0.5) is 4.39 Å². The molecule has 0 aliphatic carbocycles. The standard InChI is InChI=1S/C11H14FSi.CH3.ClH.Mg/c12-11-3-1-9(2-4-11)10-5-7-13-8-6-10;;;/h1-4,10,13H,5-8H2;1H3;1H;/q2*-1;;+2. The minimum Gasteiger partial charge on any atom is -0.358 e. The van der Waals surface area contributed by atoms with Gasteiger partial charge in [0.25, 0.3) is 0 Å². The van der Waals surface area contributed by atoms with E-state index in [9.17, 15) is 4.39 Å². The molecule has 0 saturated carbocycles. The zero-order valence-electron chi connectivity index (χ0n) is 9.79. The summed E-state index contributed by atoms with van der Waals surface area (Å²) in [6, 6.07) is 9.89. The first-order valence-electron chi connectivity index (χ1n) is 4.93. The van der Waals surface area contributed by atoms with E-state index in [4.69, 9.17) is 0 Å². The van der Waals surface area contributed by atoms with Gasteiger partial charge in [0, 0.05) is 0 Å². The molecule has 1 aromatic carbocycles. The van der Waals surface area contributed by atoms with Crippen LogP contribution in [-0.2, 0) is 0 Å². The summed E-state index contributed by atoms with van der Waals surface area (Å²) in [6.07, 6.45) is 2.64. The SMILES string of the molecule is Cl.Fc1ccc(C2CC[SiH-]CC2)cc1.[CH3-].[Mg+2]. The number of rotatable bonds is 1. The molecule has 1 fully saturated rings. The van der Waals surface area contributed by atoms with Crippen LogP contribution in [0.3, 0.4) is 0 Å². The van der Waals surface area contributed by atoms with E-state index in [2.05, 4.69) is 0 Å². The summed E-state index contributed by atoms with van der Waals surface area (Å²) in [5.41, 5.74) is 1.33. The van der Waals surface area contributed by atoms with Gasteiger partial charge < -0.3 is 7.43 Å². The molecule has 0 amide bonds. The average Bonchev–Trinajstić information content (AvgIpc) is 2.20. The van der Waals surface area contributed by atoms with Crippen molar-refractivity contribution in [2.24, 2.45) is 0 Å². The van der Waals surface area contributed by atoms with Gasteiger partial charge in [-0.15, -0.1) is 12.4 Å². The molecule has 0 N–H and O–H groups in total. The summed E-state index contributed by atoms with van der Waals surface area (Å²) in [5, 5.41) is 0. The predicted molar refractivity (Wildman–Crippen MR) is 74.6 cm³/mol. The van der Waals surface area contributed by atoms with E-state index in [1.165, 1.54) is 30.5 Å². The fraction of sp³-hybridized carbons (Fsp3) is 0.417. The molecule has 1 saturated heterocycles. The Morgan fingerprint density at radius 2 is 1.56 bits per heavy atom. The Kier molecular flexibility index (Phi) is 11.1. The van der Waals surface area contributed by atoms with Crippen molar-refractivity contribution in [3.05, 3.63) is 43.1 Å². The van der Waals surface area contributed by atoms with Crippen LogP contribution in [0, 0.1) is 13.2 Å². The third-order valence-electron chi connectivity index (χ3n) is 2.78. The Bertz CT molecular complexity index is 273. The van der Waals surface area contributed by atoms with Gasteiger partial charge >= 0.3 is 23.1 Å². The van der Waals surface area contributed by atoms with Gasteiger partial charge in [0.1, 0.15) is 5.82 Å². The van der Waals surface area contributed by atoms with Gasteiger partial charge in [-0.1, -0.05) is 25.0 Å². The Morgan fingerprint density at radius 3 is 2.06 bits per heavy atom. The first-order chi connectivity index (χ1) is 6.36. The summed E-state index contributed by atoms with van der Waals surface area (Å²) in [4.78, 5) is 0. The molecule has 16 heavy (non-hydrogen) atoms. The summed E-state index contributed by atoms with van der Waals surface area (Å²) in [5.74, 6) is 0.590. The Labute approximate surface area is 123 Å². The van der Waals surface area contributed by atoms with Gasteiger partial charge in [-0.25, -0.2) is 4.39 Å². The third kappa shape index (κ3) is 5.17. The van der Waals surface area contributed by atoms with E-state index in [1.54, 1.807) is 12.1 Å². The largest absolute Gasteiger partial charge is 2.00 e. The van der Waals surface area contributed by atoms with Crippen molar-refractivity contribution in [1.29, 1.82) is 0 Å². The van der Waals surface area contributed by atoms with Gasteiger partial charge in [-0.05, 0) is 23.6 Å².